The molecule has 0 bridgehead atoms. The Bertz CT molecular complexity index is 433. The molecule has 0 aromatic heterocycles. The standard InChI is InChI=1S/C8H9BrClNO2S/c1-2-14(12,13)11-8-5-6(9)3-4-7(8)10/h3-5,11H,2H2,1H3. The van der Waals surface area contributed by atoms with Crippen molar-refractivity contribution in [3.63, 3.8) is 0 Å². The van der Waals surface area contributed by atoms with Gasteiger partial charge < -0.3 is 0 Å². The molecule has 0 amide bonds. The summed E-state index contributed by atoms with van der Waals surface area (Å²) in [5.41, 5.74) is 0.392. The molecule has 78 valence electrons. The first-order valence-corrected chi connectivity index (χ1v) is 6.72. The van der Waals surface area contributed by atoms with Crippen molar-refractivity contribution in [1.82, 2.24) is 0 Å². The molecular weight excluding hydrogens is 290 g/mol. The van der Waals surface area contributed by atoms with E-state index < -0.39 is 10.0 Å². The second-order valence-corrected chi connectivity index (χ2v) is 5.96. The average molecular weight is 299 g/mol. The number of benzene rings is 1. The van der Waals surface area contributed by atoms with E-state index in [-0.39, 0.29) is 5.75 Å². The SMILES string of the molecule is CCS(=O)(=O)Nc1cc(Br)ccc1Cl. The fourth-order valence-electron chi connectivity index (χ4n) is 0.815. The molecule has 1 rings (SSSR count). The molecule has 0 heterocycles. The van der Waals surface area contributed by atoms with E-state index in [9.17, 15) is 8.42 Å². The summed E-state index contributed by atoms with van der Waals surface area (Å²) in [6, 6.07) is 4.99. The van der Waals surface area contributed by atoms with Crippen LogP contribution in [0.1, 0.15) is 6.92 Å². The van der Waals surface area contributed by atoms with Gasteiger partial charge in [-0.2, -0.15) is 0 Å². The zero-order valence-electron chi connectivity index (χ0n) is 7.42. The molecule has 0 unspecified atom stereocenters. The topological polar surface area (TPSA) is 46.2 Å². The maximum absolute atomic E-state index is 11.2. The largest absolute Gasteiger partial charge is 0.282 e. The van der Waals surface area contributed by atoms with Crippen LogP contribution in [0, 0.1) is 0 Å². The summed E-state index contributed by atoms with van der Waals surface area (Å²) in [5, 5.41) is 0.380. The fraction of sp³-hybridized carbons (Fsp3) is 0.250. The third kappa shape index (κ3) is 3.15. The molecule has 1 aromatic carbocycles. The fourth-order valence-corrected chi connectivity index (χ4v) is 2.05. The molecule has 1 aromatic rings. The molecule has 0 aliphatic carbocycles. The molecule has 0 aliphatic rings. The van der Waals surface area contributed by atoms with Gasteiger partial charge in [0.15, 0.2) is 0 Å². The van der Waals surface area contributed by atoms with Crippen LogP contribution in [-0.4, -0.2) is 14.2 Å². The predicted molar refractivity (Wildman–Crippen MR) is 62.2 cm³/mol. The van der Waals surface area contributed by atoms with Gasteiger partial charge in [0.2, 0.25) is 10.0 Å². The third-order valence-electron chi connectivity index (χ3n) is 1.57. The lowest BCUT2D eigenvalue weighted by molar-refractivity contribution is 0.602. The van der Waals surface area contributed by atoms with Gasteiger partial charge in [-0.3, -0.25) is 4.72 Å². The summed E-state index contributed by atoms with van der Waals surface area (Å²) in [7, 11) is -3.27. The van der Waals surface area contributed by atoms with Gasteiger partial charge >= 0.3 is 0 Å². The predicted octanol–water partition coefficient (Wildman–Crippen LogP) is 2.86. The zero-order chi connectivity index (χ0) is 10.8. The Labute approximate surface area is 96.6 Å². The van der Waals surface area contributed by atoms with E-state index in [0.29, 0.717) is 10.7 Å². The zero-order valence-corrected chi connectivity index (χ0v) is 10.6. The van der Waals surface area contributed by atoms with E-state index in [0.717, 1.165) is 4.47 Å². The summed E-state index contributed by atoms with van der Waals surface area (Å²) in [5.74, 6) is 0.0237. The first-order chi connectivity index (χ1) is 6.44. The quantitative estimate of drug-likeness (QED) is 0.932. The molecular formula is C8H9BrClNO2S. The first-order valence-electron chi connectivity index (χ1n) is 3.90. The van der Waals surface area contributed by atoms with Crippen molar-refractivity contribution in [3.05, 3.63) is 27.7 Å². The summed E-state index contributed by atoms with van der Waals surface area (Å²) >= 11 is 9.04. The van der Waals surface area contributed by atoms with Crippen LogP contribution in [0.5, 0.6) is 0 Å². The molecule has 1 N–H and O–H groups in total. The number of anilines is 1. The van der Waals surface area contributed by atoms with E-state index in [4.69, 9.17) is 11.6 Å². The minimum Gasteiger partial charge on any atom is -0.282 e. The van der Waals surface area contributed by atoms with Crippen molar-refractivity contribution in [3.8, 4) is 0 Å². The Kier molecular flexibility index (Phi) is 3.80. The van der Waals surface area contributed by atoms with Crippen LogP contribution >= 0.6 is 27.5 Å². The van der Waals surface area contributed by atoms with Crippen molar-refractivity contribution in [2.45, 2.75) is 6.92 Å². The highest BCUT2D eigenvalue weighted by molar-refractivity contribution is 9.10. The van der Waals surface area contributed by atoms with Crippen molar-refractivity contribution in [2.75, 3.05) is 10.5 Å². The minimum atomic E-state index is -3.27. The first kappa shape index (κ1) is 11.8. The van der Waals surface area contributed by atoms with Gasteiger partial charge in [-0.05, 0) is 25.1 Å². The summed E-state index contributed by atoms with van der Waals surface area (Å²) < 4.78 is 25.7. The van der Waals surface area contributed by atoms with Gasteiger partial charge in [0.05, 0.1) is 16.5 Å². The minimum absolute atomic E-state index is 0.0237. The van der Waals surface area contributed by atoms with Crippen LogP contribution in [0.3, 0.4) is 0 Å². The Balaban J connectivity index is 3.03. The highest BCUT2D eigenvalue weighted by Gasteiger charge is 2.09. The Morgan fingerprint density at radius 3 is 2.71 bits per heavy atom. The van der Waals surface area contributed by atoms with E-state index >= 15 is 0 Å². The number of sulfonamides is 1. The second kappa shape index (κ2) is 4.51. The normalized spacial score (nSPS) is 11.4. The number of halogens is 2. The third-order valence-corrected chi connectivity index (χ3v) is 3.69. The monoisotopic (exact) mass is 297 g/mol. The molecule has 0 atom stereocenters. The Hall–Kier alpha value is -0.260. The van der Waals surface area contributed by atoms with Crippen LogP contribution in [0.4, 0.5) is 5.69 Å². The van der Waals surface area contributed by atoms with E-state index in [1.54, 1.807) is 25.1 Å². The van der Waals surface area contributed by atoms with Crippen LogP contribution < -0.4 is 4.72 Å². The van der Waals surface area contributed by atoms with Gasteiger partial charge in [0.25, 0.3) is 0 Å². The molecule has 0 spiro atoms. The van der Waals surface area contributed by atoms with E-state index in [2.05, 4.69) is 20.7 Å². The summed E-state index contributed by atoms with van der Waals surface area (Å²) in [6.45, 7) is 1.56. The Morgan fingerprint density at radius 1 is 1.50 bits per heavy atom. The molecule has 0 radical (unpaired) electrons. The van der Waals surface area contributed by atoms with E-state index in [1.165, 1.54) is 0 Å². The lowest BCUT2D eigenvalue weighted by Crippen LogP contribution is -2.14. The highest BCUT2D eigenvalue weighted by atomic mass is 79.9. The van der Waals surface area contributed by atoms with Crippen LogP contribution in [0.15, 0.2) is 22.7 Å². The maximum Gasteiger partial charge on any atom is 0.232 e. The molecule has 3 nitrogen and oxygen atoms in total. The smallest absolute Gasteiger partial charge is 0.232 e. The van der Waals surface area contributed by atoms with Gasteiger partial charge in [-0.15, -0.1) is 0 Å². The van der Waals surface area contributed by atoms with Crippen LogP contribution in [0.2, 0.25) is 5.02 Å². The molecule has 14 heavy (non-hydrogen) atoms. The molecule has 0 saturated heterocycles. The van der Waals surface area contributed by atoms with Crippen LogP contribution in [-0.2, 0) is 10.0 Å². The summed E-state index contributed by atoms with van der Waals surface area (Å²) in [4.78, 5) is 0. The van der Waals surface area contributed by atoms with Crippen molar-refractivity contribution >= 4 is 43.2 Å². The lowest BCUT2D eigenvalue weighted by atomic mass is 10.3. The van der Waals surface area contributed by atoms with Gasteiger partial charge in [-0.1, -0.05) is 27.5 Å². The maximum atomic E-state index is 11.2. The number of hydrogen-bond donors (Lipinski definition) is 1. The van der Waals surface area contributed by atoms with Gasteiger partial charge in [0, 0.05) is 4.47 Å². The van der Waals surface area contributed by atoms with Gasteiger partial charge in [0.1, 0.15) is 0 Å². The lowest BCUT2D eigenvalue weighted by Gasteiger charge is -2.07. The summed E-state index contributed by atoms with van der Waals surface area (Å²) in [6.07, 6.45) is 0. The van der Waals surface area contributed by atoms with Crippen LogP contribution in [0.25, 0.3) is 0 Å². The molecule has 0 fully saturated rings. The second-order valence-electron chi connectivity index (χ2n) is 2.63. The number of rotatable bonds is 3. The number of hydrogen-bond acceptors (Lipinski definition) is 2. The van der Waals surface area contributed by atoms with Crippen molar-refractivity contribution in [2.24, 2.45) is 0 Å². The number of nitrogens with one attached hydrogen (secondary N) is 1. The Morgan fingerprint density at radius 2 is 2.14 bits per heavy atom. The molecule has 0 aliphatic heterocycles. The van der Waals surface area contributed by atoms with Gasteiger partial charge in [-0.25, -0.2) is 8.42 Å². The van der Waals surface area contributed by atoms with Crippen molar-refractivity contribution < 1.29 is 8.42 Å². The van der Waals surface area contributed by atoms with Crippen molar-refractivity contribution in [1.29, 1.82) is 0 Å². The highest BCUT2D eigenvalue weighted by Crippen LogP contribution is 2.26. The average Bonchev–Trinajstić information content (AvgIpc) is 2.11. The van der Waals surface area contributed by atoms with E-state index in [1.807, 2.05) is 0 Å². The molecule has 6 heteroatoms. The molecule has 0 saturated carbocycles.